The Labute approximate surface area is 133 Å². The zero-order chi connectivity index (χ0) is 16.4. The van der Waals surface area contributed by atoms with Crippen molar-refractivity contribution >= 4 is 22.8 Å². The molecule has 1 aliphatic rings. The summed E-state index contributed by atoms with van der Waals surface area (Å²) in [6, 6.07) is 2.55. The minimum absolute atomic E-state index is 0.149. The monoisotopic (exact) mass is 319 g/mol. The van der Waals surface area contributed by atoms with Crippen molar-refractivity contribution < 1.29 is 18.7 Å². The maximum absolute atomic E-state index is 14.0. The Hall–Kier alpha value is -2.44. The van der Waals surface area contributed by atoms with Crippen LogP contribution in [-0.2, 0) is 4.74 Å². The van der Waals surface area contributed by atoms with Crippen LogP contribution in [0.2, 0.25) is 0 Å². The van der Waals surface area contributed by atoms with E-state index in [-0.39, 0.29) is 5.56 Å². The lowest BCUT2D eigenvalue weighted by molar-refractivity contribution is 0.0595. The largest absolute Gasteiger partial charge is 0.478 e. The summed E-state index contributed by atoms with van der Waals surface area (Å²) in [7, 11) is 2.73. The predicted molar refractivity (Wildman–Crippen MR) is 83.5 cm³/mol. The van der Waals surface area contributed by atoms with E-state index in [0.717, 1.165) is 25.9 Å². The van der Waals surface area contributed by atoms with E-state index in [9.17, 15) is 9.18 Å². The molecule has 0 unspecified atom stereocenters. The molecule has 0 radical (unpaired) electrons. The van der Waals surface area contributed by atoms with E-state index in [1.54, 1.807) is 0 Å². The molecule has 0 amide bonds. The fourth-order valence-electron chi connectivity index (χ4n) is 2.77. The molecule has 0 bridgehead atoms. The van der Waals surface area contributed by atoms with Gasteiger partial charge in [-0.3, -0.25) is 0 Å². The van der Waals surface area contributed by atoms with Gasteiger partial charge in [0.2, 0.25) is 0 Å². The number of esters is 1. The fraction of sp³-hybridized carbons (Fsp3) is 0.438. The third-order valence-electron chi connectivity index (χ3n) is 3.96. The smallest absolute Gasteiger partial charge is 0.340 e. The zero-order valence-electron chi connectivity index (χ0n) is 13.1. The van der Waals surface area contributed by atoms with Crippen LogP contribution in [0.25, 0.3) is 11.0 Å². The van der Waals surface area contributed by atoms with E-state index in [1.165, 1.54) is 32.8 Å². The van der Waals surface area contributed by atoms with E-state index >= 15 is 0 Å². The van der Waals surface area contributed by atoms with Gasteiger partial charge < -0.3 is 14.4 Å². The van der Waals surface area contributed by atoms with Crippen LogP contribution in [0.3, 0.4) is 0 Å². The van der Waals surface area contributed by atoms with Gasteiger partial charge in [0, 0.05) is 19.2 Å². The normalized spacial score (nSPS) is 14.8. The van der Waals surface area contributed by atoms with Gasteiger partial charge in [-0.15, -0.1) is 0 Å². The molecule has 2 aromatic rings. The minimum Gasteiger partial charge on any atom is -0.478 e. The van der Waals surface area contributed by atoms with E-state index < -0.39 is 11.8 Å². The van der Waals surface area contributed by atoms with Crippen LogP contribution in [-0.4, -0.2) is 43.2 Å². The number of piperidine rings is 1. The van der Waals surface area contributed by atoms with Gasteiger partial charge in [-0.1, -0.05) is 0 Å². The zero-order valence-corrected chi connectivity index (χ0v) is 13.1. The van der Waals surface area contributed by atoms with Gasteiger partial charge in [-0.05, 0) is 25.3 Å². The van der Waals surface area contributed by atoms with Crippen molar-refractivity contribution in [2.45, 2.75) is 19.3 Å². The summed E-state index contributed by atoms with van der Waals surface area (Å²) < 4.78 is 23.9. The topological polar surface area (TPSA) is 64.5 Å². The number of hydrogen-bond acceptors (Lipinski definition) is 6. The molecule has 1 aromatic carbocycles. The second kappa shape index (κ2) is 6.36. The molecule has 23 heavy (non-hydrogen) atoms. The number of aromatic nitrogens is 2. The molecule has 0 aliphatic carbocycles. The molecular formula is C16H18FN3O3. The number of ether oxygens (including phenoxy) is 2. The summed E-state index contributed by atoms with van der Waals surface area (Å²) in [4.78, 5) is 22.6. The van der Waals surface area contributed by atoms with Crippen molar-refractivity contribution in [2.24, 2.45) is 0 Å². The summed E-state index contributed by atoms with van der Waals surface area (Å²) in [6.45, 7) is 1.75. The molecule has 7 heteroatoms. The summed E-state index contributed by atoms with van der Waals surface area (Å²) >= 11 is 0. The quantitative estimate of drug-likeness (QED) is 0.810. The maximum atomic E-state index is 14.0. The number of rotatable bonds is 3. The van der Waals surface area contributed by atoms with Gasteiger partial charge >= 0.3 is 5.97 Å². The lowest BCUT2D eigenvalue weighted by atomic mass is 10.1. The van der Waals surface area contributed by atoms with E-state index in [4.69, 9.17) is 4.74 Å². The van der Waals surface area contributed by atoms with E-state index in [2.05, 4.69) is 19.6 Å². The van der Waals surface area contributed by atoms with Gasteiger partial charge in [-0.25, -0.2) is 19.2 Å². The van der Waals surface area contributed by atoms with Crippen molar-refractivity contribution in [2.75, 3.05) is 32.2 Å². The number of carbonyl (C=O) groups is 1. The third-order valence-corrected chi connectivity index (χ3v) is 3.96. The van der Waals surface area contributed by atoms with Crippen LogP contribution in [0.15, 0.2) is 12.1 Å². The number of carbonyl (C=O) groups excluding carboxylic acids is 1. The molecule has 6 nitrogen and oxygen atoms in total. The molecule has 2 heterocycles. The van der Waals surface area contributed by atoms with Crippen LogP contribution in [0.1, 0.15) is 29.6 Å². The molecule has 0 saturated carbocycles. The summed E-state index contributed by atoms with van der Waals surface area (Å²) in [5.74, 6) is -0.431. The number of methoxy groups -OCH3 is 2. The summed E-state index contributed by atoms with van der Waals surface area (Å²) in [5, 5.41) is 0. The Bertz CT molecular complexity index is 745. The molecule has 1 fully saturated rings. The summed E-state index contributed by atoms with van der Waals surface area (Å²) in [6.07, 6.45) is 3.36. The van der Waals surface area contributed by atoms with Gasteiger partial charge in [0.1, 0.15) is 5.82 Å². The highest BCUT2D eigenvalue weighted by molar-refractivity contribution is 5.94. The van der Waals surface area contributed by atoms with Crippen molar-refractivity contribution in [3.05, 3.63) is 23.5 Å². The van der Waals surface area contributed by atoms with E-state index in [1.807, 2.05) is 0 Å². The number of nitrogens with zero attached hydrogens (tertiary/aromatic N) is 3. The second-order valence-electron chi connectivity index (χ2n) is 5.42. The maximum Gasteiger partial charge on any atom is 0.340 e. The molecule has 122 valence electrons. The van der Waals surface area contributed by atoms with Gasteiger partial charge in [0.15, 0.2) is 5.82 Å². The number of benzene rings is 1. The van der Waals surface area contributed by atoms with Crippen LogP contribution < -0.4 is 9.64 Å². The summed E-state index contributed by atoms with van der Waals surface area (Å²) in [5.41, 5.74) is 0.630. The third kappa shape index (κ3) is 2.91. The first-order valence-corrected chi connectivity index (χ1v) is 7.52. The predicted octanol–water partition coefficient (Wildman–Crippen LogP) is 2.55. The molecule has 1 saturated heterocycles. The number of hydrogen-bond donors (Lipinski definition) is 0. The number of halogens is 1. The molecule has 0 spiro atoms. The Morgan fingerprint density at radius 3 is 2.48 bits per heavy atom. The molecular weight excluding hydrogens is 301 g/mol. The standard InChI is InChI=1S/C16H18FN3O3/c1-22-15-14(20-6-4-3-5-7-20)18-12-8-10(16(21)23-2)11(17)9-13(12)19-15/h8-9H,3-7H2,1-2H3. The first kappa shape index (κ1) is 15.5. The first-order chi connectivity index (χ1) is 11.1. The van der Waals surface area contributed by atoms with Crippen LogP contribution in [0, 0.1) is 5.82 Å². The van der Waals surface area contributed by atoms with Gasteiger partial charge in [0.05, 0.1) is 30.8 Å². The molecule has 3 rings (SSSR count). The SMILES string of the molecule is COC(=O)c1cc2nc(N3CCCCC3)c(OC)nc2cc1F. The van der Waals surface area contributed by atoms with Crippen molar-refractivity contribution in [1.29, 1.82) is 0 Å². The Kier molecular flexibility index (Phi) is 4.27. The van der Waals surface area contributed by atoms with Crippen LogP contribution in [0.5, 0.6) is 5.88 Å². The first-order valence-electron chi connectivity index (χ1n) is 7.52. The number of fused-ring (bicyclic) bond motifs is 1. The second-order valence-corrected chi connectivity index (χ2v) is 5.42. The van der Waals surface area contributed by atoms with Crippen molar-refractivity contribution in [3.63, 3.8) is 0 Å². The Morgan fingerprint density at radius 2 is 1.83 bits per heavy atom. The highest BCUT2D eigenvalue weighted by Gasteiger charge is 2.21. The van der Waals surface area contributed by atoms with Crippen molar-refractivity contribution in [1.82, 2.24) is 9.97 Å². The Balaban J connectivity index is 2.12. The number of anilines is 1. The highest BCUT2D eigenvalue weighted by atomic mass is 19.1. The lowest BCUT2D eigenvalue weighted by Crippen LogP contribution is -2.30. The van der Waals surface area contributed by atoms with Crippen molar-refractivity contribution in [3.8, 4) is 5.88 Å². The highest BCUT2D eigenvalue weighted by Crippen LogP contribution is 2.30. The van der Waals surface area contributed by atoms with Crippen LogP contribution in [0.4, 0.5) is 10.2 Å². The van der Waals surface area contributed by atoms with Gasteiger partial charge in [0.25, 0.3) is 5.88 Å². The average Bonchev–Trinajstić information content (AvgIpc) is 2.60. The Morgan fingerprint density at radius 1 is 1.13 bits per heavy atom. The average molecular weight is 319 g/mol. The lowest BCUT2D eigenvalue weighted by Gasteiger charge is -2.28. The van der Waals surface area contributed by atoms with E-state index in [0.29, 0.717) is 22.7 Å². The fourth-order valence-corrected chi connectivity index (χ4v) is 2.77. The van der Waals surface area contributed by atoms with Crippen LogP contribution >= 0.6 is 0 Å². The molecule has 1 aliphatic heterocycles. The minimum atomic E-state index is -0.735. The molecule has 0 N–H and O–H groups in total. The van der Waals surface area contributed by atoms with Gasteiger partial charge in [-0.2, -0.15) is 0 Å². The molecule has 0 atom stereocenters. The molecule has 1 aromatic heterocycles.